The zero-order valence-electron chi connectivity index (χ0n) is 10.3. The molecule has 0 spiro atoms. The Balaban J connectivity index is 2.14. The van der Waals surface area contributed by atoms with Crippen molar-refractivity contribution in [2.24, 2.45) is 0 Å². The van der Waals surface area contributed by atoms with Crippen molar-refractivity contribution in [3.8, 4) is 0 Å². The number of hydrogen-bond donors (Lipinski definition) is 1. The highest BCUT2D eigenvalue weighted by molar-refractivity contribution is 5.23. The Bertz CT molecular complexity index is 490. The maximum Gasteiger partial charge on any atom is 0.0995 e. The van der Waals surface area contributed by atoms with Gasteiger partial charge in [0.25, 0.3) is 0 Å². The predicted octanol–water partition coefficient (Wildman–Crippen LogP) is 2.49. The van der Waals surface area contributed by atoms with Crippen molar-refractivity contribution in [3.63, 3.8) is 0 Å². The first-order valence-electron chi connectivity index (χ1n) is 5.94. The van der Waals surface area contributed by atoms with Gasteiger partial charge in [0.15, 0.2) is 0 Å². The summed E-state index contributed by atoms with van der Waals surface area (Å²) in [5, 5.41) is 10.2. The van der Waals surface area contributed by atoms with Crippen LogP contribution in [0.5, 0.6) is 0 Å². The summed E-state index contributed by atoms with van der Waals surface area (Å²) in [4.78, 5) is 4.08. The lowest BCUT2D eigenvalue weighted by molar-refractivity contribution is 0.169. The maximum atomic E-state index is 10.2. The van der Waals surface area contributed by atoms with E-state index in [4.69, 9.17) is 0 Å². The molecule has 17 heavy (non-hydrogen) atoms. The number of nitrogens with zero attached hydrogens (tertiary/aromatic N) is 2. The Hall–Kier alpha value is -1.61. The molecule has 0 saturated carbocycles. The van der Waals surface area contributed by atoms with Crippen LogP contribution in [-0.2, 0) is 13.0 Å². The molecule has 1 aromatic carbocycles. The van der Waals surface area contributed by atoms with Crippen molar-refractivity contribution < 1.29 is 5.11 Å². The normalized spacial score (nSPS) is 12.6. The molecule has 3 nitrogen and oxygen atoms in total. The molecule has 1 heterocycles. The van der Waals surface area contributed by atoms with E-state index in [2.05, 4.69) is 24.0 Å². The van der Waals surface area contributed by atoms with Crippen LogP contribution in [0, 0.1) is 6.92 Å². The van der Waals surface area contributed by atoms with Crippen LogP contribution in [0.4, 0.5) is 0 Å². The molecule has 1 N–H and O–H groups in total. The topological polar surface area (TPSA) is 38.0 Å². The van der Waals surface area contributed by atoms with E-state index in [0.717, 1.165) is 17.8 Å². The van der Waals surface area contributed by atoms with Gasteiger partial charge in [-0.05, 0) is 19.4 Å². The largest absolute Gasteiger partial charge is 0.386 e. The third-order valence-electron chi connectivity index (χ3n) is 2.94. The lowest BCUT2D eigenvalue weighted by Gasteiger charge is -2.13. The van der Waals surface area contributed by atoms with Gasteiger partial charge in [-0.2, -0.15) is 0 Å². The molecular formula is C14H18N2O. The Morgan fingerprint density at radius 3 is 2.94 bits per heavy atom. The lowest BCUT2D eigenvalue weighted by Crippen LogP contribution is -2.08. The van der Waals surface area contributed by atoms with Crippen LogP contribution in [0.3, 0.4) is 0 Å². The molecule has 0 bridgehead atoms. The van der Waals surface area contributed by atoms with Crippen molar-refractivity contribution in [3.05, 3.63) is 53.6 Å². The quantitative estimate of drug-likeness (QED) is 0.876. The first-order valence-corrected chi connectivity index (χ1v) is 5.94. The van der Waals surface area contributed by atoms with Gasteiger partial charge >= 0.3 is 0 Å². The molecule has 0 amide bonds. The van der Waals surface area contributed by atoms with Crippen LogP contribution >= 0.6 is 0 Å². The fourth-order valence-corrected chi connectivity index (χ4v) is 2.04. The summed E-state index contributed by atoms with van der Waals surface area (Å²) in [5.74, 6) is 0. The van der Waals surface area contributed by atoms with E-state index in [1.807, 2.05) is 23.6 Å². The average Bonchev–Trinajstić information content (AvgIpc) is 2.77. The minimum atomic E-state index is -0.487. The van der Waals surface area contributed by atoms with E-state index in [0.29, 0.717) is 6.42 Å². The van der Waals surface area contributed by atoms with E-state index >= 15 is 0 Å². The van der Waals surface area contributed by atoms with Crippen molar-refractivity contribution >= 4 is 0 Å². The number of aliphatic hydroxyl groups is 1. The molecule has 0 saturated heterocycles. The third-order valence-corrected chi connectivity index (χ3v) is 2.94. The van der Waals surface area contributed by atoms with Gasteiger partial charge in [-0.3, -0.25) is 0 Å². The van der Waals surface area contributed by atoms with Gasteiger partial charge in [0.1, 0.15) is 0 Å². The molecule has 0 aliphatic rings. The highest BCUT2D eigenvalue weighted by atomic mass is 16.3. The van der Waals surface area contributed by atoms with Crippen LogP contribution < -0.4 is 0 Å². The van der Waals surface area contributed by atoms with Crippen LogP contribution in [0.25, 0.3) is 0 Å². The van der Waals surface area contributed by atoms with E-state index < -0.39 is 6.10 Å². The Kier molecular flexibility index (Phi) is 3.59. The predicted molar refractivity (Wildman–Crippen MR) is 67.7 cm³/mol. The minimum Gasteiger partial charge on any atom is -0.386 e. The first-order chi connectivity index (χ1) is 8.20. The Morgan fingerprint density at radius 2 is 2.24 bits per heavy atom. The van der Waals surface area contributed by atoms with Crippen molar-refractivity contribution in [2.75, 3.05) is 0 Å². The summed E-state index contributed by atoms with van der Waals surface area (Å²) >= 11 is 0. The fourth-order valence-electron chi connectivity index (χ4n) is 2.04. The summed E-state index contributed by atoms with van der Waals surface area (Å²) in [6, 6.07) is 8.24. The molecule has 1 atom stereocenters. The molecule has 2 aromatic rings. The van der Waals surface area contributed by atoms with E-state index in [9.17, 15) is 5.11 Å². The Morgan fingerprint density at radius 1 is 1.41 bits per heavy atom. The second-order valence-corrected chi connectivity index (χ2v) is 4.31. The van der Waals surface area contributed by atoms with Crippen LogP contribution in [-0.4, -0.2) is 14.7 Å². The summed E-state index contributed by atoms with van der Waals surface area (Å²) < 4.78 is 1.97. The van der Waals surface area contributed by atoms with Crippen LogP contribution in [0.1, 0.15) is 29.8 Å². The SMILES string of the molecule is CCn1cncc1C(O)Cc1cccc(C)c1. The molecule has 0 radical (unpaired) electrons. The van der Waals surface area contributed by atoms with Crippen molar-refractivity contribution in [2.45, 2.75) is 32.9 Å². The van der Waals surface area contributed by atoms with Gasteiger partial charge in [0.05, 0.1) is 24.3 Å². The second kappa shape index (κ2) is 5.15. The number of rotatable bonds is 4. The molecule has 0 aliphatic heterocycles. The standard InChI is InChI=1S/C14H18N2O/c1-3-16-10-15-9-13(16)14(17)8-12-6-4-5-11(2)7-12/h4-7,9-10,14,17H,3,8H2,1-2H3. The van der Waals surface area contributed by atoms with Gasteiger partial charge in [0, 0.05) is 13.0 Å². The maximum absolute atomic E-state index is 10.2. The van der Waals surface area contributed by atoms with E-state index in [1.54, 1.807) is 12.5 Å². The second-order valence-electron chi connectivity index (χ2n) is 4.31. The number of imidazole rings is 1. The van der Waals surface area contributed by atoms with Gasteiger partial charge in [-0.25, -0.2) is 4.98 Å². The van der Waals surface area contributed by atoms with E-state index in [-0.39, 0.29) is 0 Å². The summed E-state index contributed by atoms with van der Waals surface area (Å²) in [5.41, 5.74) is 3.26. The van der Waals surface area contributed by atoms with Crippen molar-refractivity contribution in [1.82, 2.24) is 9.55 Å². The third kappa shape index (κ3) is 2.74. The number of benzene rings is 1. The molecule has 90 valence electrons. The highest BCUT2D eigenvalue weighted by Crippen LogP contribution is 2.18. The van der Waals surface area contributed by atoms with Crippen LogP contribution in [0.15, 0.2) is 36.8 Å². The number of aliphatic hydroxyl groups excluding tert-OH is 1. The number of hydrogen-bond acceptors (Lipinski definition) is 2. The minimum absolute atomic E-state index is 0.487. The summed E-state index contributed by atoms with van der Waals surface area (Å²) in [6.07, 6.45) is 3.64. The first kappa shape index (κ1) is 11.9. The monoisotopic (exact) mass is 230 g/mol. The molecule has 1 unspecified atom stereocenters. The Labute approximate surface area is 102 Å². The summed E-state index contributed by atoms with van der Waals surface area (Å²) in [6.45, 7) is 4.94. The molecule has 0 aliphatic carbocycles. The van der Waals surface area contributed by atoms with Gasteiger partial charge in [0.2, 0.25) is 0 Å². The molecular weight excluding hydrogens is 212 g/mol. The zero-order chi connectivity index (χ0) is 12.3. The molecule has 0 fully saturated rings. The van der Waals surface area contributed by atoms with Gasteiger partial charge in [-0.15, -0.1) is 0 Å². The lowest BCUT2D eigenvalue weighted by atomic mass is 10.0. The highest BCUT2D eigenvalue weighted by Gasteiger charge is 2.12. The average molecular weight is 230 g/mol. The number of aryl methyl sites for hydroxylation is 2. The zero-order valence-corrected chi connectivity index (χ0v) is 10.3. The van der Waals surface area contributed by atoms with Crippen molar-refractivity contribution in [1.29, 1.82) is 0 Å². The van der Waals surface area contributed by atoms with Gasteiger partial charge in [-0.1, -0.05) is 29.8 Å². The molecule has 2 rings (SSSR count). The van der Waals surface area contributed by atoms with Crippen LogP contribution in [0.2, 0.25) is 0 Å². The summed E-state index contributed by atoms with van der Waals surface area (Å²) in [7, 11) is 0. The number of aromatic nitrogens is 2. The smallest absolute Gasteiger partial charge is 0.0995 e. The fraction of sp³-hybridized carbons (Fsp3) is 0.357. The molecule has 3 heteroatoms. The van der Waals surface area contributed by atoms with E-state index in [1.165, 1.54) is 5.56 Å². The molecule has 1 aromatic heterocycles. The van der Waals surface area contributed by atoms with Gasteiger partial charge < -0.3 is 9.67 Å².